The summed E-state index contributed by atoms with van der Waals surface area (Å²) in [5, 5.41) is 6.06. The number of esters is 1. The van der Waals surface area contributed by atoms with Crippen LogP contribution in [0.15, 0.2) is 0 Å². The van der Waals surface area contributed by atoms with E-state index in [1.807, 2.05) is 0 Å². The van der Waals surface area contributed by atoms with Gasteiger partial charge in [-0.05, 0) is 51.1 Å². The first-order valence-corrected chi connectivity index (χ1v) is 9.85. The fourth-order valence-corrected chi connectivity index (χ4v) is 3.76. The highest BCUT2D eigenvalue weighted by atomic mass is 16.5. The maximum atomic E-state index is 12.6. The molecular weight excluding hydrogens is 346 g/mol. The van der Waals surface area contributed by atoms with Gasteiger partial charge in [0.25, 0.3) is 0 Å². The summed E-state index contributed by atoms with van der Waals surface area (Å²) in [7, 11) is 1.28. The monoisotopic (exact) mass is 377 g/mol. The third-order valence-electron chi connectivity index (χ3n) is 5.49. The van der Waals surface area contributed by atoms with E-state index in [4.69, 9.17) is 6.42 Å². The number of hydrogen-bond acceptors (Lipinski definition) is 5. The molecule has 0 aromatic rings. The Hall–Kier alpha value is -2.07. The summed E-state index contributed by atoms with van der Waals surface area (Å²) in [6.45, 7) is 3.20. The van der Waals surface area contributed by atoms with Crippen LogP contribution >= 0.6 is 0 Å². The average molecular weight is 377 g/mol. The van der Waals surface area contributed by atoms with Gasteiger partial charge in [-0.2, -0.15) is 0 Å². The summed E-state index contributed by atoms with van der Waals surface area (Å²) >= 11 is 0. The van der Waals surface area contributed by atoms with Crippen molar-refractivity contribution in [1.82, 2.24) is 15.5 Å². The van der Waals surface area contributed by atoms with Gasteiger partial charge in [-0.25, -0.2) is 0 Å². The van der Waals surface area contributed by atoms with Crippen molar-refractivity contribution in [2.75, 3.05) is 33.3 Å². The molecule has 2 aliphatic heterocycles. The summed E-state index contributed by atoms with van der Waals surface area (Å²) in [6, 6.07) is -0.684. The third-order valence-corrected chi connectivity index (χ3v) is 5.49. The molecule has 2 fully saturated rings. The highest BCUT2D eigenvalue weighted by molar-refractivity contribution is 5.82. The van der Waals surface area contributed by atoms with Crippen LogP contribution < -0.4 is 10.6 Å². The molecule has 2 N–H and O–H groups in total. The van der Waals surface area contributed by atoms with Gasteiger partial charge in [0.1, 0.15) is 6.04 Å². The molecule has 2 heterocycles. The lowest BCUT2D eigenvalue weighted by molar-refractivity contribution is -0.141. The molecule has 2 aliphatic rings. The van der Waals surface area contributed by atoms with Crippen LogP contribution in [-0.2, 0) is 19.1 Å². The maximum absolute atomic E-state index is 12.6. The second-order valence-electron chi connectivity index (χ2n) is 7.42. The normalized spacial score (nSPS) is 21.8. The van der Waals surface area contributed by atoms with E-state index in [1.54, 1.807) is 4.90 Å². The highest BCUT2D eigenvalue weighted by Crippen LogP contribution is 2.21. The molecule has 27 heavy (non-hydrogen) atoms. The number of nitrogens with one attached hydrogen (secondary N) is 2. The Morgan fingerprint density at radius 1 is 1.30 bits per heavy atom. The van der Waals surface area contributed by atoms with Crippen molar-refractivity contribution >= 4 is 17.8 Å². The van der Waals surface area contributed by atoms with Crippen LogP contribution in [0.4, 0.5) is 0 Å². The Balaban J connectivity index is 1.79. The quantitative estimate of drug-likeness (QED) is 0.503. The number of carbonyl (C=O) groups excluding carboxylic acids is 3. The summed E-state index contributed by atoms with van der Waals surface area (Å²) < 4.78 is 4.59. The Kier molecular flexibility index (Phi) is 8.59. The first kappa shape index (κ1) is 21.2. The number of piperidine rings is 2. The van der Waals surface area contributed by atoms with Crippen LogP contribution in [0.3, 0.4) is 0 Å². The fourth-order valence-electron chi connectivity index (χ4n) is 3.76. The fraction of sp³-hybridized carbons (Fsp3) is 0.750. The summed E-state index contributed by atoms with van der Waals surface area (Å²) in [5.41, 5.74) is 0. The predicted molar refractivity (Wildman–Crippen MR) is 102 cm³/mol. The Bertz CT molecular complexity index is 566. The van der Waals surface area contributed by atoms with E-state index >= 15 is 0 Å². The van der Waals surface area contributed by atoms with E-state index in [-0.39, 0.29) is 24.2 Å². The van der Waals surface area contributed by atoms with Crippen LogP contribution in [0.1, 0.15) is 44.9 Å². The van der Waals surface area contributed by atoms with Gasteiger partial charge < -0.3 is 20.3 Å². The van der Waals surface area contributed by atoms with Crippen LogP contribution in [-0.4, -0.2) is 62.0 Å². The van der Waals surface area contributed by atoms with Crippen molar-refractivity contribution in [3.05, 3.63) is 0 Å². The molecule has 0 bridgehead atoms. The van der Waals surface area contributed by atoms with E-state index in [2.05, 4.69) is 21.3 Å². The lowest BCUT2D eigenvalue weighted by Gasteiger charge is -2.33. The van der Waals surface area contributed by atoms with E-state index in [0.29, 0.717) is 25.4 Å². The molecule has 0 aromatic carbocycles. The largest absolute Gasteiger partial charge is 0.469 e. The predicted octanol–water partition coefficient (Wildman–Crippen LogP) is 0.686. The van der Waals surface area contributed by atoms with Crippen molar-refractivity contribution in [3.8, 4) is 12.3 Å². The zero-order valence-electron chi connectivity index (χ0n) is 16.2. The standard InChI is InChI=1S/C20H31N3O4/c1-3-17(13-19(25)27-2)22-20(26)16-5-4-12-23(14-16)18(24)7-6-15-8-10-21-11-9-15/h1,15-17,21H,4-14H2,2H3,(H,22,26)/t16-,17?/m1/s1. The highest BCUT2D eigenvalue weighted by Gasteiger charge is 2.30. The molecule has 2 atom stereocenters. The molecule has 2 rings (SSSR count). The maximum Gasteiger partial charge on any atom is 0.308 e. The van der Waals surface area contributed by atoms with Gasteiger partial charge in [0.2, 0.25) is 11.8 Å². The topological polar surface area (TPSA) is 87.7 Å². The summed E-state index contributed by atoms with van der Waals surface area (Å²) in [6.07, 6.45) is 10.6. The first-order chi connectivity index (χ1) is 13.0. The third kappa shape index (κ3) is 6.87. The molecule has 0 aliphatic carbocycles. The van der Waals surface area contributed by atoms with E-state index in [9.17, 15) is 14.4 Å². The van der Waals surface area contributed by atoms with Gasteiger partial charge in [0.15, 0.2) is 0 Å². The molecule has 0 aromatic heterocycles. The molecule has 150 valence electrons. The smallest absolute Gasteiger partial charge is 0.308 e. The number of ether oxygens (including phenoxy) is 1. The second kappa shape index (κ2) is 10.9. The number of likely N-dealkylation sites (tertiary alicyclic amines) is 1. The van der Waals surface area contributed by atoms with E-state index in [0.717, 1.165) is 45.2 Å². The van der Waals surface area contributed by atoms with E-state index < -0.39 is 12.0 Å². The van der Waals surface area contributed by atoms with Gasteiger partial charge in [-0.15, -0.1) is 6.42 Å². The minimum absolute atomic E-state index is 0.0512. The second-order valence-corrected chi connectivity index (χ2v) is 7.42. The van der Waals surface area contributed by atoms with Crippen LogP contribution in [0.5, 0.6) is 0 Å². The Morgan fingerprint density at radius 2 is 2.04 bits per heavy atom. The molecule has 7 heteroatoms. The number of terminal acetylenes is 1. The minimum Gasteiger partial charge on any atom is -0.469 e. The number of carbonyl (C=O) groups is 3. The minimum atomic E-state index is -0.684. The molecule has 0 saturated carbocycles. The lowest BCUT2D eigenvalue weighted by atomic mass is 9.92. The zero-order chi connectivity index (χ0) is 19.6. The molecular formula is C20H31N3O4. The van der Waals surface area contributed by atoms with Gasteiger partial charge >= 0.3 is 5.97 Å². The van der Waals surface area contributed by atoms with Crippen LogP contribution in [0, 0.1) is 24.2 Å². The summed E-state index contributed by atoms with van der Waals surface area (Å²) in [4.78, 5) is 38.2. The van der Waals surface area contributed by atoms with Crippen molar-refractivity contribution in [2.24, 2.45) is 11.8 Å². The van der Waals surface area contributed by atoms with Gasteiger partial charge in [-0.1, -0.05) is 5.92 Å². The average Bonchev–Trinajstić information content (AvgIpc) is 2.72. The van der Waals surface area contributed by atoms with E-state index in [1.165, 1.54) is 7.11 Å². The zero-order valence-corrected chi connectivity index (χ0v) is 16.2. The molecule has 1 unspecified atom stereocenters. The molecule has 0 spiro atoms. The van der Waals surface area contributed by atoms with Gasteiger partial charge in [0, 0.05) is 19.5 Å². The number of methoxy groups -OCH3 is 1. The van der Waals surface area contributed by atoms with Crippen molar-refractivity contribution in [2.45, 2.75) is 51.0 Å². The lowest BCUT2D eigenvalue weighted by Crippen LogP contribution is -2.47. The Morgan fingerprint density at radius 3 is 2.70 bits per heavy atom. The van der Waals surface area contributed by atoms with Crippen LogP contribution in [0.2, 0.25) is 0 Å². The van der Waals surface area contributed by atoms with Crippen LogP contribution in [0.25, 0.3) is 0 Å². The van der Waals surface area contributed by atoms with Crippen molar-refractivity contribution in [1.29, 1.82) is 0 Å². The van der Waals surface area contributed by atoms with Gasteiger partial charge in [-0.3, -0.25) is 14.4 Å². The first-order valence-electron chi connectivity index (χ1n) is 9.85. The number of amides is 2. The Labute approximate surface area is 161 Å². The molecule has 2 amide bonds. The molecule has 0 radical (unpaired) electrons. The SMILES string of the molecule is C#CC(CC(=O)OC)NC(=O)[C@@H]1CCCN(C(=O)CCC2CCNCC2)C1. The molecule has 7 nitrogen and oxygen atoms in total. The number of nitrogens with zero attached hydrogens (tertiary/aromatic N) is 1. The van der Waals surface area contributed by atoms with Gasteiger partial charge in [0.05, 0.1) is 19.4 Å². The molecule has 2 saturated heterocycles. The number of rotatable bonds is 7. The summed E-state index contributed by atoms with van der Waals surface area (Å²) in [5.74, 6) is 2.22. The van der Waals surface area contributed by atoms with Crippen molar-refractivity contribution < 1.29 is 19.1 Å². The number of hydrogen-bond donors (Lipinski definition) is 2. The van der Waals surface area contributed by atoms with Crippen molar-refractivity contribution in [3.63, 3.8) is 0 Å².